The molecule has 0 aliphatic carbocycles. The van der Waals surface area contributed by atoms with Gasteiger partial charge in [0.05, 0.1) is 6.04 Å². The molecule has 21 heavy (non-hydrogen) atoms. The number of hydrogen-bond donors (Lipinski definition) is 3. The maximum atomic E-state index is 5.40. The molecule has 108 valence electrons. The molecular weight excluding hydrogens is 290 g/mol. The van der Waals surface area contributed by atoms with Crippen LogP contribution in [0.5, 0.6) is 0 Å². The molecule has 0 saturated carbocycles. The van der Waals surface area contributed by atoms with Gasteiger partial charge in [-0.2, -0.15) is 20.1 Å². The van der Waals surface area contributed by atoms with Gasteiger partial charge in [0.2, 0.25) is 11.9 Å². The lowest BCUT2D eigenvalue weighted by molar-refractivity contribution is 0.782. The normalized spacial score (nSPS) is 12.1. The molecule has 0 aromatic carbocycles. The summed E-state index contributed by atoms with van der Waals surface area (Å²) in [7, 11) is 0. The smallest absolute Gasteiger partial charge is 0.257 e. The van der Waals surface area contributed by atoms with Crippen LogP contribution in [0.25, 0.3) is 5.95 Å². The number of aromatic nitrogens is 6. The molecule has 3 heterocycles. The lowest BCUT2D eigenvalue weighted by Gasteiger charge is -2.12. The summed E-state index contributed by atoms with van der Waals surface area (Å²) in [6.07, 6.45) is 5.14. The SMILES string of the molecule is CC(Nc1nc(NN)nc(-n2cccn2)n1)c1nccs1. The Balaban J connectivity index is 1.89. The van der Waals surface area contributed by atoms with Crippen molar-refractivity contribution in [3.63, 3.8) is 0 Å². The van der Waals surface area contributed by atoms with Gasteiger partial charge < -0.3 is 5.32 Å². The maximum absolute atomic E-state index is 5.40. The van der Waals surface area contributed by atoms with Gasteiger partial charge >= 0.3 is 0 Å². The van der Waals surface area contributed by atoms with Crippen molar-refractivity contribution in [3.8, 4) is 5.95 Å². The van der Waals surface area contributed by atoms with Crippen molar-refractivity contribution < 1.29 is 0 Å². The molecule has 3 rings (SSSR count). The Kier molecular flexibility index (Phi) is 3.71. The summed E-state index contributed by atoms with van der Waals surface area (Å²) < 4.78 is 1.53. The molecule has 3 aromatic rings. The first kappa shape index (κ1) is 13.4. The van der Waals surface area contributed by atoms with E-state index in [1.54, 1.807) is 36.0 Å². The van der Waals surface area contributed by atoms with Crippen molar-refractivity contribution >= 4 is 23.2 Å². The molecule has 0 amide bonds. The quantitative estimate of drug-likeness (QED) is 0.471. The van der Waals surface area contributed by atoms with Gasteiger partial charge in [0.15, 0.2) is 0 Å². The first-order valence-corrected chi connectivity index (χ1v) is 7.03. The molecule has 3 aromatic heterocycles. The topological polar surface area (TPSA) is 119 Å². The lowest BCUT2D eigenvalue weighted by Crippen LogP contribution is -2.17. The van der Waals surface area contributed by atoms with E-state index >= 15 is 0 Å². The molecule has 10 heteroatoms. The van der Waals surface area contributed by atoms with Crippen LogP contribution in [0.4, 0.5) is 11.9 Å². The van der Waals surface area contributed by atoms with Crippen molar-refractivity contribution in [2.75, 3.05) is 10.7 Å². The third-order valence-electron chi connectivity index (χ3n) is 2.63. The predicted molar refractivity (Wildman–Crippen MR) is 78.9 cm³/mol. The summed E-state index contributed by atoms with van der Waals surface area (Å²) in [5.74, 6) is 6.42. The number of nitrogens with two attached hydrogens (primary N) is 1. The average molecular weight is 303 g/mol. The fraction of sp³-hybridized carbons (Fsp3) is 0.182. The van der Waals surface area contributed by atoms with E-state index in [4.69, 9.17) is 5.84 Å². The third kappa shape index (κ3) is 2.95. The summed E-state index contributed by atoms with van der Waals surface area (Å²) >= 11 is 1.56. The van der Waals surface area contributed by atoms with Gasteiger partial charge in [-0.05, 0) is 13.0 Å². The number of hydrazine groups is 1. The van der Waals surface area contributed by atoms with Crippen molar-refractivity contribution in [2.24, 2.45) is 5.84 Å². The Labute approximate surface area is 124 Å². The Hall–Kier alpha value is -2.59. The standard InChI is InChI=1S/C11H13N9S/c1-7(8-13-4-6-21-8)15-9-16-10(19-12)18-11(17-9)20-5-2-3-14-20/h2-7H,12H2,1H3,(H2,15,16,17,18,19). The fourth-order valence-corrected chi connectivity index (χ4v) is 2.33. The number of nitrogens with one attached hydrogen (secondary N) is 2. The van der Waals surface area contributed by atoms with E-state index in [2.05, 4.69) is 35.8 Å². The van der Waals surface area contributed by atoms with Crippen LogP contribution in [0.15, 0.2) is 30.0 Å². The fourth-order valence-electron chi connectivity index (χ4n) is 1.69. The van der Waals surface area contributed by atoms with Crippen LogP contribution in [-0.2, 0) is 0 Å². The number of rotatable bonds is 5. The largest absolute Gasteiger partial charge is 0.345 e. The van der Waals surface area contributed by atoms with Crippen molar-refractivity contribution in [1.82, 2.24) is 29.7 Å². The first-order chi connectivity index (χ1) is 10.3. The van der Waals surface area contributed by atoms with Crippen LogP contribution in [0, 0.1) is 0 Å². The molecule has 0 aliphatic heterocycles. The highest BCUT2D eigenvalue weighted by Gasteiger charge is 2.12. The Morgan fingerprint density at radius 2 is 2.10 bits per heavy atom. The van der Waals surface area contributed by atoms with Gasteiger partial charge in [-0.15, -0.1) is 11.3 Å². The van der Waals surface area contributed by atoms with E-state index in [0.29, 0.717) is 11.9 Å². The molecule has 0 saturated heterocycles. The highest BCUT2D eigenvalue weighted by atomic mass is 32.1. The Bertz CT molecular complexity index is 695. The molecule has 4 N–H and O–H groups in total. The molecule has 0 radical (unpaired) electrons. The van der Waals surface area contributed by atoms with E-state index in [1.165, 1.54) is 4.68 Å². The van der Waals surface area contributed by atoms with Crippen molar-refractivity contribution in [2.45, 2.75) is 13.0 Å². The maximum Gasteiger partial charge on any atom is 0.257 e. The van der Waals surface area contributed by atoms with Gasteiger partial charge in [0.25, 0.3) is 5.95 Å². The number of thiazole rings is 1. The summed E-state index contributed by atoms with van der Waals surface area (Å²) in [5.41, 5.74) is 2.42. The number of hydrogen-bond acceptors (Lipinski definition) is 9. The third-order valence-corrected chi connectivity index (χ3v) is 3.59. The van der Waals surface area contributed by atoms with E-state index < -0.39 is 0 Å². The zero-order valence-corrected chi connectivity index (χ0v) is 11.9. The van der Waals surface area contributed by atoms with E-state index in [-0.39, 0.29) is 12.0 Å². The van der Waals surface area contributed by atoms with Gasteiger partial charge in [0, 0.05) is 24.0 Å². The van der Waals surface area contributed by atoms with Crippen molar-refractivity contribution in [3.05, 3.63) is 35.0 Å². The van der Waals surface area contributed by atoms with Gasteiger partial charge in [-0.25, -0.2) is 15.5 Å². The Morgan fingerprint density at radius 1 is 1.24 bits per heavy atom. The molecule has 1 atom stereocenters. The lowest BCUT2D eigenvalue weighted by atomic mass is 10.4. The minimum atomic E-state index is -0.0245. The molecular formula is C11H13N9S. The predicted octanol–water partition coefficient (Wildman–Crippen LogP) is 0.972. The van der Waals surface area contributed by atoms with Gasteiger partial charge in [-0.3, -0.25) is 5.43 Å². The zero-order chi connectivity index (χ0) is 14.7. The summed E-state index contributed by atoms with van der Waals surface area (Å²) in [4.78, 5) is 16.9. The minimum absolute atomic E-state index is 0.0245. The second-order valence-electron chi connectivity index (χ2n) is 4.11. The van der Waals surface area contributed by atoms with Crippen LogP contribution in [0.2, 0.25) is 0 Å². The van der Waals surface area contributed by atoms with Gasteiger partial charge in [0.1, 0.15) is 5.01 Å². The van der Waals surface area contributed by atoms with Gasteiger partial charge in [-0.1, -0.05) is 0 Å². The second kappa shape index (κ2) is 5.81. The van der Waals surface area contributed by atoms with E-state index in [0.717, 1.165) is 5.01 Å². The van der Waals surface area contributed by atoms with E-state index in [9.17, 15) is 0 Å². The molecule has 1 unspecified atom stereocenters. The minimum Gasteiger partial charge on any atom is -0.345 e. The number of nitrogens with zero attached hydrogens (tertiary/aromatic N) is 6. The molecule has 9 nitrogen and oxygen atoms in total. The number of nitrogen functional groups attached to an aromatic ring is 1. The Morgan fingerprint density at radius 3 is 2.76 bits per heavy atom. The second-order valence-corrected chi connectivity index (χ2v) is 5.04. The summed E-state index contributed by atoms with van der Waals surface area (Å²) in [5, 5.41) is 10.1. The highest BCUT2D eigenvalue weighted by molar-refractivity contribution is 7.09. The summed E-state index contributed by atoms with van der Waals surface area (Å²) in [6, 6.07) is 1.76. The number of anilines is 2. The molecule has 0 fully saturated rings. The molecule has 0 bridgehead atoms. The molecule has 0 aliphatic rings. The summed E-state index contributed by atoms with van der Waals surface area (Å²) in [6.45, 7) is 1.98. The first-order valence-electron chi connectivity index (χ1n) is 6.15. The van der Waals surface area contributed by atoms with Crippen LogP contribution in [-0.4, -0.2) is 29.7 Å². The van der Waals surface area contributed by atoms with Crippen LogP contribution < -0.4 is 16.6 Å². The van der Waals surface area contributed by atoms with Crippen molar-refractivity contribution in [1.29, 1.82) is 0 Å². The molecule has 0 spiro atoms. The highest BCUT2D eigenvalue weighted by Crippen LogP contribution is 2.19. The monoisotopic (exact) mass is 303 g/mol. The van der Waals surface area contributed by atoms with Crippen LogP contribution >= 0.6 is 11.3 Å². The zero-order valence-electron chi connectivity index (χ0n) is 11.1. The average Bonchev–Trinajstić information content (AvgIpc) is 3.19. The van der Waals surface area contributed by atoms with Crippen LogP contribution in [0.3, 0.4) is 0 Å². The van der Waals surface area contributed by atoms with E-state index in [1.807, 2.05) is 12.3 Å². The van der Waals surface area contributed by atoms with Crippen LogP contribution in [0.1, 0.15) is 18.0 Å².